The lowest BCUT2D eigenvalue weighted by atomic mass is 9.97. The molecule has 0 amide bonds. The number of fused-ring (bicyclic) bond motifs is 1. The SMILES string of the molecule is NC1(OCCN2CCCCC2)C=CC=C2NCC=C21. The van der Waals surface area contributed by atoms with E-state index in [-0.39, 0.29) is 0 Å². The maximum Gasteiger partial charge on any atom is 0.164 e. The van der Waals surface area contributed by atoms with Crippen molar-refractivity contribution in [2.75, 3.05) is 32.8 Å². The molecule has 3 aliphatic rings. The third-order valence-corrected chi connectivity index (χ3v) is 4.11. The second-order valence-corrected chi connectivity index (χ2v) is 5.48. The van der Waals surface area contributed by atoms with Crippen molar-refractivity contribution in [2.45, 2.75) is 25.0 Å². The van der Waals surface area contributed by atoms with Crippen molar-refractivity contribution >= 4 is 0 Å². The molecule has 0 aromatic heterocycles. The number of piperidine rings is 1. The lowest BCUT2D eigenvalue weighted by Crippen LogP contribution is -2.46. The zero-order valence-electron chi connectivity index (χ0n) is 11.4. The first kappa shape index (κ1) is 12.9. The topological polar surface area (TPSA) is 50.5 Å². The van der Waals surface area contributed by atoms with Crippen molar-refractivity contribution in [1.82, 2.24) is 10.2 Å². The molecule has 1 saturated heterocycles. The van der Waals surface area contributed by atoms with Crippen LogP contribution in [0.2, 0.25) is 0 Å². The monoisotopic (exact) mass is 261 g/mol. The van der Waals surface area contributed by atoms with Crippen molar-refractivity contribution in [3.8, 4) is 0 Å². The van der Waals surface area contributed by atoms with Crippen LogP contribution in [0.15, 0.2) is 35.6 Å². The van der Waals surface area contributed by atoms with Crippen LogP contribution in [0.5, 0.6) is 0 Å². The van der Waals surface area contributed by atoms with Gasteiger partial charge in [0.1, 0.15) is 0 Å². The van der Waals surface area contributed by atoms with Gasteiger partial charge in [0.25, 0.3) is 0 Å². The maximum absolute atomic E-state index is 6.38. The number of hydrogen-bond donors (Lipinski definition) is 2. The van der Waals surface area contributed by atoms with Crippen LogP contribution in [0.4, 0.5) is 0 Å². The summed E-state index contributed by atoms with van der Waals surface area (Å²) in [7, 11) is 0. The first-order valence-corrected chi connectivity index (χ1v) is 7.27. The minimum absolute atomic E-state index is 0.686. The van der Waals surface area contributed by atoms with Gasteiger partial charge in [-0.3, -0.25) is 5.73 Å². The van der Waals surface area contributed by atoms with Gasteiger partial charge >= 0.3 is 0 Å². The van der Waals surface area contributed by atoms with E-state index in [9.17, 15) is 0 Å². The molecule has 1 fully saturated rings. The van der Waals surface area contributed by atoms with Crippen molar-refractivity contribution in [1.29, 1.82) is 0 Å². The van der Waals surface area contributed by atoms with E-state index < -0.39 is 5.72 Å². The molecule has 0 saturated carbocycles. The van der Waals surface area contributed by atoms with Crippen LogP contribution in [-0.2, 0) is 4.74 Å². The van der Waals surface area contributed by atoms with E-state index in [1.54, 1.807) is 0 Å². The molecule has 1 atom stereocenters. The molecule has 0 spiro atoms. The fourth-order valence-electron chi connectivity index (χ4n) is 3.02. The predicted octanol–water partition coefficient (Wildman–Crippen LogP) is 1.13. The molecular formula is C15H23N3O. The minimum Gasteiger partial charge on any atom is -0.381 e. The molecule has 3 rings (SSSR count). The number of likely N-dealkylation sites (tertiary alicyclic amines) is 1. The Balaban J connectivity index is 1.54. The van der Waals surface area contributed by atoms with Crippen molar-refractivity contribution < 1.29 is 4.74 Å². The van der Waals surface area contributed by atoms with E-state index >= 15 is 0 Å². The quantitative estimate of drug-likeness (QED) is 0.745. The Hall–Kier alpha value is -1.10. The summed E-state index contributed by atoms with van der Waals surface area (Å²) in [5, 5.41) is 3.30. The Bertz CT molecular complexity index is 421. The summed E-state index contributed by atoms with van der Waals surface area (Å²) < 4.78 is 5.99. The molecule has 0 aromatic carbocycles. The molecule has 0 radical (unpaired) electrons. The summed E-state index contributed by atoms with van der Waals surface area (Å²) in [6, 6.07) is 0. The number of rotatable bonds is 4. The number of ether oxygens (including phenoxy) is 1. The van der Waals surface area contributed by atoms with Gasteiger partial charge in [0.15, 0.2) is 5.72 Å². The highest BCUT2D eigenvalue weighted by molar-refractivity contribution is 5.49. The van der Waals surface area contributed by atoms with Crippen LogP contribution in [0.25, 0.3) is 0 Å². The van der Waals surface area contributed by atoms with Crippen LogP contribution in [0.3, 0.4) is 0 Å². The second-order valence-electron chi connectivity index (χ2n) is 5.48. The highest BCUT2D eigenvalue weighted by atomic mass is 16.5. The number of hydrogen-bond acceptors (Lipinski definition) is 4. The molecule has 0 bridgehead atoms. The van der Waals surface area contributed by atoms with Crippen LogP contribution in [0, 0.1) is 0 Å². The van der Waals surface area contributed by atoms with E-state index in [2.05, 4.69) is 22.4 Å². The molecule has 4 heteroatoms. The number of nitrogens with one attached hydrogen (secondary N) is 1. The molecule has 1 aliphatic carbocycles. The highest BCUT2D eigenvalue weighted by Crippen LogP contribution is 2.29. The molecule has 1 unspecified atom stereocenters. The molecule has 2 aliphatic heterocycles. The predicted molar refractivity (Wildman–Crippen MR) is 76.5 cm³/mol. The Morgan fingerprint density at radius 1 is 1.32 bits per heavy atom. The van der Waals surface area contributed by atoms with Gasteiger partial charge in [0, 0.05) is 24.4 Å². The Morgan fingerprint density at radius 2 is 2.16 bits per heavy atom. The summed E-state index contributed by atoms with van der Waals surface area (Å²) in [6.07, 6.45) is 12.1. The third-order valence-electron chi connectivity index (χ3n) is 4.11. The minimum atomic E-state index is -0.747. The molecule has 19 heavy (non-hydrogen) atoms. The van der Waals surface area contributed by atoms with Gasteiger partial charge in [0.2, 0.25) is 0 Å². The summed E-state index contributed by atoms with van der Waals surface area (Å²) in [6.45, 7) is 4.91. The summed E-state index contributed by atoms with van der Waals surface area (Å²) in [5.74, 6) is 0. The van der Waals surface area contributed by atoms with E-state index in [1.165, 1.54) is 32.4 Å². The van der Waals surface area contributed by atoms with E-state index in [1.807, 2.05) is 12.2 Å². The van der Waals surface area contributed by atoms with Crippen molar-refractivity contribution in [3.63, 3.8) is 0 Å². The fraction of sp³-hybridized carbons (Fsp3) is 0.600. The van der Waals surface area contributed by atoms with Crippen LogP contribution in [0.1, 0.15) is 19.3 Å². The second kappa shape index (κ2) is 5.49. The average Bonchev–Trinajstić information content (AvgIpc) is 2.90. The third kappa shape index (κ3) is 2.76. The number of nitrogens with zero attached hydrogens (tertiary/aromatic N) is 1. The molecule has 2 heterocycles. The zero-order chi connectivity index (χ0) is 13.1. The first-order chi connectivity index (χ1) is 9.28. The lowest BCUT2D eigenvalue weighted by molar-refractivity contribution is 0.00955. The fourth-order valence-corrected chi connectivity index (χ4v) is 3.02. The van der Waals surface area contributed by atoms with Crippen LogP contribution < -0.4 is 11.1 Å². The standard InChI is InChI=1S/C15H23N3O/c16-15(7-4-5-14-13(15)6-8-17-14)19-12-11-18-9-2-1-3-10-18/h4-7,17H,1-3,8-12,16H2. The first-order valence-electron chi connectivity index (χ1n) is 7.27. The van der Waals surface area contributed by atoms with Gasteiger partial charge in [0.05, 0.1) is 6.61 Å². The smallest absolute Gasteiger partial charge is 0.164 e. The Labute approximate surface area is 115 Å². The maximum atomic E-state index is 6.38. The van der Waals surface area contributed by atoms with E-state index in [0.717, 1.165) is 24.4 Å². The number of nitrogens with two attached hydrogens (primary N) is 1. The van der Waals surface area contributed by atoms with E-state index in [4.69, 9.17) is 10.5 Å². The Kier molecular flexibility index (Phi) is 3.73. The molecular weight excluding hydrogens is 238 g/mol. The largest absolute Gasteiger partial charge is 0.381 e. The van der Waals surface area contributed by atoms with Crippen LogP contribution >= 0.6 is 0 Å². The Morgan fingerprint density at radius 3 is 3.00 bits per heavy atom. The van der Waals surface area contributed by atoms with Gasteiger partial charge in [-0.2, -0.15) is 0 Å². The molecule has 4 nitrogen and oxygen atoms in total. The van der Waals surface area contributed by atoms with Crippen molar-refractivity contribution in [2.24, 2.45) is 5.73 Å². The normalized spacial score (nSPS) is 30.6. The molecule has 0 aromatic rings. The van der Waals surface area contributed by atoms with Gasteiger partial charge < -0.3 is 15.0 Å². The van der Waals surface area contributed by atoms with Gasteiger partial charge in [-0.1, -0.05) is 18.6 Å². The summed E-state index contributed by atoms with van der Waals surface area (Å²) >= 11 is 0. The zero-order valence-corrected chi connectivity index (χ0v) is 11.4. The average molecular weight is 261 g/mol. The summed E-state index contributed by atoms with van der Waals surface area (Å²) in [5.41, 5.74) is 7.81. The highest BCUT2D eigenvalue weighted by Gasteiger charge is 2.34. The lowest BCUT2D eigenvalue weighted by Gasteiger charge is -2.32. The van der Waals surface area contributed by atoms with Gasteiger partial charge in [-0.05, 0) is 38.1 Å². The number of allylic oxidation sites excluding steroid dienone is 2. The molecule has 104 valence electrons. The summed E-state index contributed by atoms with van der Waals surface area (Å²) in [4.78, 5) is 2.47. The molecule has 3 N–H and O–H groups in total. The van der Waals surface area contributed by atoms with Crippen molar-refractivity contribution in [3.05, 3.63) is 35.6 Å². The van der Waals surface area contributed by atoms with Gasteiger partial charge in [-0.15, -0.1) is 0 Å². The van der Waals surface area contributed by atoms with Crippen LogP contribution in [-0.4, -0.2) is 43.4 Å². The van der Waals surface area contributed by atoms with Gasteiger partial charge in [-0.25, -0.2) is 0 Å². The van der Waals surface area contributed by atoms with E-state index in [0.29, 0.717) is 6.61 Å².